The van der Waals surface area contributed by atoms with Crippen molar-refractivity contribution >= 4 is 0 Å². The maximum absolute atomic E-state index is 9.54. The van der Waals surface area contributed by atoms with E-state index in [9.17, 15) is 5.11 Å². The van der Waals surface area contributed by atoms with Crippen LogP contribution in [-0.4, -0.2) is 31.5 Å². The molecule has 0 bridgehead atoms. The van der Waals surface area contributed by atoms with Crippen molar-refractivity contribution in [2.75, 3.05) is 20.3 Å². The summed E-state index contributed by atoms with van der Waals surface area (Å²) >= 11 is 0. The van der Waals surface area contributed by atoms with Gasteiger partial charge in [0.25, 0.3) is 0 Å². The summed E-state index contributed by atoms with van der Waals surface area (Å²) in [5.74, 6) is 1.40. The molecule has 1 aromatic rings. The molecule has 4 heteroatoms. The van der Waals surface area contributed by atoms with Gasteiger partial charge in [0.05, 0.1) is 26.4 Å². The Morgan fingerprint density at radius 1 is 1.28 bits per heavy atom. The fourth-order valence-corrected chi connectivity index (χ4v) is 2.01. The second-order valence-corrected chi connectivity index (χ2v) is 4.52. The van der Waals surface area contributed by atoms with Crippen molar-refractivity contribution in [1.82, 2.24) is 0 Å². The highest BCUT2D eigenvalue weighted by molar-refractivity contribution is 5.43. The number of hydrogen-bond acceptors (Lipinski definition) is 4. The minimum absolute atomic E-state index is 0.185. The molecular formula is C14H20O4. The van der Waals surface area contributed by atoms with Crippen LogP contribution in [0, 0.1) is 0 Å². The molecule has 2 rings (SSSR count). The number of benzene rings is 1. The Balaban J connectivity index is 2.11. The molecule has 1 saturated heterocycles. The Kier molecular flexibility index (Phi) is 4.44. The Morgan fingerprint density at radius 3 is 2.61 bits per heavy atom. The molecule has 1 aromatic carbocycles. The molecule has 1 aliphatic heterocycles. The van der Waals surface area contributed by atoms with Crippen molar-refractivity contribution < 1.29 is 19.3 Å². The number of aliphatic hydroxyl groups excluding tert-OH is 1. The Bertz CT molecular complexity index is 383. The van der Waals surface area contributed by atoms with Crippen molar-refractivity contribution in [3.63, 3.8) is 0 Å². The number of ether oxygens (including phenoxy) is 3. The molecule has 0 spiro atoms. The van der Waals surface area contributed by atoms with E-state index in [1.165, 1.54) is 0 Å². The van der Waals surface area contributed by atoms with Gasteiger partial charge in [0.15, 0.2) is 11.5 Å². The van der Waals surface area contributed by atoms with E-state index in [0.29, 0.717) is 5.75 Å². The number of aliphatic hydroxyl groups is 1. The van der Waals surface area contributed by atoms with Gasteiger partial charge in [-0.15, -0.1) is 0 Å². The van der Waals surface area contributed by atoms with Gasteiger partial charge < -0.3 is 19.3 Å². The Morgan fingerprint density at radius 2 is 2.00 bits per heavy atom. The summed E-state index contributed by atoms with van der Waals surface area (Å²) in [6.45, 7) is 3.23. The predicted octanol–water partition coefficient (Wildman–Crippen LogP) is 2.31. The van der Waals surface area contributed by atoms with Gasteiger partial charge in [-0.2, -0.15) is 0 Å². The summed E-state index contributed by atoms with van der Waals surface area (Å²) in [5, 5.41) is 9.54. The van der Waals surface area contributed by atoms with Crippen molar-refractivity contribution in [3.8, 4) is 11.5 Å². The first-order valence-corrected chi connectivity index (χ1v) is 6.31. The first kappa shape index (κ1) is 13.2. The summed E-state index contributed by atoms with van der Waals surface area (Å²) < 4.78 is 16.5. The van der Waals surface area contributed by atoms with E-state index in [1.54, 1.807) is 14.0 Å². The zero-order valence-corrected chi connectivity index (χ0v) is 10.9. The molecule has 100 valence electrons. The third kappa shape index (κ3) is 3.15. The van der Waals surface area contributed by atoms with Gasteiger partial charge in [-0.25, -0.2) is 0 Å². The molecule has 18 heavy (non-hydrogen) atoms. The quantitative estimate of drug-likeness (QED) is 0.893. The van der Waals surface area contributed by atoms with Gasteiger partial charge in [-0.3, -0.25) is 0 Å². The van der Waals surface area contributed by atoms with Gasteiger partial charge >= 0.3 is 0 Å². The number of hydrogen-bond donors (Lipinski definition) is 1. The average Bonchev–Trinajstić information content (AvgIpc) is 2.40. The lowest BCUT2D eigenvalue weighted by molar-refractivity contribution is 0.0245. The maximum atomic E-state index is 9.54. The van der Waals surface area contributed by atoms with E-state index in [4.69, 9.17) is 14.2 Å². The van der Waals surface area contributed by atoms with Crippen molar-refractivity contribution in [1.29, 1.82) is 0 Å². The minimum Gasteiger partial charge on any atom is -0.493 e. The molecule has 4 nitrogen and oxygen atoms in total. The Hall–Kier alpha value is -1.26. The van der Waals surface area contributed by atoms with E-state index in [-0.39, 0.29) is 6.10 Å². The first-order valence-electron chi connectivity index (χ1n) is 6.31. The average molecular weight is 252 g/mol. The first-order chi connectivity index (χ1) is 8.70. The SMILES string of the molecule is COc1cc([C@@H](C)O)ccc1OC1CCOCC1. The lowest BCUT2D eigenvalue weighted by Gasteiger charge is -2.24. The van der Waals surface area contributed by atoms with Gasteiger partial charge in [-0.05, 0) is 24.6 Å². The summed E-state index contributed by atoms with van der Waals surface area (Å²) in [6, 6.07) is 5.54. The third-order valence-electron chi connectivity index (χ3n) is 3.13. The fourth-order valence-electron chi connectivity index (χ4n) is 2.01. The van der Waals surface area contributed by atoms with Gasteiger partial charge in [-0.1, -0.05) is 6.07 Å². The zero-order chi connectivity index (χ0) is 13.0. The topological polar surface area (TPSA) is 47.9 Å². The van der Waals surface area contributed by atoms with Crippen LogP contribution in [0.3, 0.4) is 0 Å². The second kappa shape index (κ2) is 6.07. The second-order valence-electron chi connectivity index (χ2n) is 4.52. The highest BCUT2D eigenvalue weighted by Crippen LogP contribution is 2.32. The van der Waals surface area contributed by atoms with Gasteiger partial charge in [0.2, 0.25) is 0 Å². The summed E-state index contributed by atoms with van der Waals surface area (Å²) in [7, 11) is 1.61. The lowest BCUT2D eigenvalue weighted by atomic mass is 10.1. The van der Waals surface area contributed by atoms with Crippen LogP contribution in [0.25, 0.3) is 0 Å². The molecule has 1 fully saturated rings. The lowest BCUT2D eigenvalue weighted by Crippen LogP contribution is -2.26. The van der Waals surface area contributed by atoms with Crippen LogP contribution in [0.2, 0.25) is 0 Å². The summed E-state index contributed by atoms with van der Waals surface area (Å²) in [6.07, 6.45) is 1.49. The molecule has 1 heterocycles. The van der Waals surface area contributed by atoms with Crippen LogP contribution < -0.4 is 9.47 Å². The monoisotopic (exact) mass is 252 g/mol. The van der Waals surface area contributed by atoms with E-state index in [0.717, 1.165) is 37.4 Å². The van der Waals surface area contributed by atoms with Crippen molar-refractivity contribution in [2.24, 2.45) is 0 Å². The largest absolute Gasteiger partial charge is 0.493 e. The van der Waals surface area contributed by atoms with Crippen LogP contribution >= 0.6 is 0 Å². The molecule has 1 aliphatic rings. The maximum Gasteiger partial charge on any atom is 0.161 e. The number of methoxy groups -OCH3 is 1. The van der Waals surface area contributed by atoms with E-state index in [1.807, 2.05) is 18.2 Å². The van der Waals surface area contributed by atoms with E-state index in [2.05, 4.69) is 0 Å². The molecule has 0 saturated carbocycles. The number of rotatable bonds is 4. The molecule has 0 aromatic heterocycles. The van der Waals surface area contributed by atoms with Crippen LogP contribution in [0.15, 0.2) is 18.2 Å². The molecule has 0 unspecified atom stereocenters. The summed E-state index contributed by atoms with van der Waals surface area (Å²) in [4.78, 5) is 0. The van der Waals surface area contributed by atoms with Crippen LogP contribution in [0.4, 0.5) is 0 Å². The standard InChI is InChI=1S/C14H20O4/c1-10(15)11-3-4-13(14(9-11)16-2)18-12-5-7-17-8-6-12/h3-4,9-10,12,15H,5-8H2,1-2H3/t10-/m1/s1. The van der Waals surface area contributed by atoms with Gasteiger partial charge in [0.1, 0.15) is 6.10 Å². The zero-order valence-electron chi connectivity index (χ0n) is 10.9. The molecule has 0 aliphatic carbocycles. The van der Waals surface area contributed by atoms with Gasteiger partial charge in [0, 0.05) is 12.8 Å². The Labute approximate surface area is 107 Å². The molecule has 0 amide bonds. The smallest absolute Gasteiger partial charge is 0.161 e. The van der Waals surface area contributed by atoms with E-state index >= 15 is 0 Å². The highest BCUT2D eigenvalue weighted by Gasteiger charge is 2.17. The fraction of sp³-hybridized carbons (Fsp3) is 0.571. The normalized spacial score (nSPS) is 18.4. The minimum atomic E-state index is -0.504. The van der Waals surface area contributed by atoms with Crippen molar-refractivity contribution in [2.45, 2.75) is 32.0 Å². The molecule has 1 N–H and O–H groups in total. The van der Waals surface area contributed by atoms with Crippen LogP contribution in [-0.2, 0) is 4.74 Å². The molecule has 1 atom stereocenters. The molecular weight excluding hydrogens is 232 g/mol. The summed E-state index contributed by atoms with van der Waals surface area (Å²) in [5.41, 5.74) is 0.825. The molecule has 0 radical (unpaired) electrons. The predicted molar refractivity (Wildman–Crippen MR) is 68.1 cm³/mol. The van der Waals surface area contributed by atoms with Crippen LogP contribution in [0.1, 0.15) is 31.4 Å². The van der Waals surface area contributed by atoms with Crippen molar-refractivity contribution in [3.05, 3.63) is 23.8 Å². The third-order valence-corrected chi connectivity index (χ3v) is 3.13. The van der Waals surface area contributed by atoms with Crippen LogP contribution in [0.5, 0.6) is 11.5 Å². The van der Waals surface area contributed by atoms with E-state index < -0.39 is 6.10 Å². The highest BCUT2D eigenvalue weighted by atomic mass is 16.5.